The highest BCUT2D eigenvalue weighted by Crippen LogP contribution is 2.56. The monoisotopic (exact) mass is 226 g/mol. The number of likely N-dealkylation sites (N-methyl/N-ethyl adjacent to an activating group) is 1. The fourth-order valence-corrected chi connectivity index (χ4v) is 4.02. The van der Waals surface area contributed by atoms with Crippen LogP contribution in [0.1, 0.15) is 31.7 Å². The van der Waals surface area contributed by atoms with Gasteiger partial charge in [0, 0.05) is 18.2 Å². The number of rotatable bonds is 0. The summed E-state index contributed by atoms with van der Waals surface area (Å²) >= 11 is 0. The van der Waals surface area contributed by atoms with E-state index in [0.29, 0.717) is 5.92 Å². The van der Waals surface area contributed by atoms with E-state index in [1.54, 1.807) is 0 Å². The Morgan fingerprint density at radius 2 is 2.18 bits per heavy atom. The summed E-state index contributed by atoms with van der Waals surface area (Å²) in [5.41, 5.74) is 2.74. The first-order chi connectivity index (χ1) is 8.21. The van der Waals surface area contributed by atoms with Crippen LogP contribution in [-0.4, -0.2) is 13.1 Å². The summed E-state index contributed by atoms with van der Waals surface area (Å²) < 4.78 is 0. The van der Waals surface area contributed by atoms with E-state index >= 15 is 0 Å². The number of fused-ring (bicyclic) bond motifs is 2. The maximum absolute atomic E-state index is 9.56. The van der Waals surface area contributed by atoms with E-state index in [2.05, 4.69) is 49.2 Å². The van der Waals surface area contributed by atoms with Gasteiger partial charge in [0.2, 0.25) is 0 Å². The van der Waals surface area contributed by atoms with Crippen molar-refractivity contribution in [2.24, 2.45) is 5.92 Å². The lowest BCUT2D eigenvalue weighted by molar-refractivity contribution is 0.323. The Bertz CT molecular complexity index is 488. The molecule has 1 aliphatic carbocycles. The number of anilines is 1. The Balaban J connectivity index is 2.23. The Labute approximate surface area is 103 Å². The van der Waals surface area contributed by atoms with Crippen LogP contribution in [0, 0.1) is 17.2 Å². The van der Waals surface area contributed by atoms with Crippen LogP contribution in [0.25, 0.3) is 0 Å². The largest absolute Gasteiger partial charge is 0.358 e. The van der Waals surface area contributed by atoms with E-state index in [9.17, 15) is 5.26 Å². The zero-order valence-corrected chi connectivity index (χ0v) is 10.5. The summed E-state index contributed by atoms with van der Waals surface area (Å²) in [5, 5.41) is 9.56. The van der Waals surface area contributed by atoms with Gasteiger partial charge in [0.25, 0.3) is 0 Å². The van der Waals surface area contributed by atoms with Crippen LogP contribution in [0.5, 0.6) is 0 Å². The molecule has 1 saturated carbocycles. The van der Waals surface area contributed by atoms with E-state index < -0.39 is 0 Å². The Kier molecular flexibility index (Phi) is 2.19. The first kappa shape index (κ1) is 10.7. The zero-order chi connectivity index (χ0) is 12.0. The van der Waals surface area contributed by atoms with Crippen molar-refractivity contribution >= 4 is 5.69 Å². The summed E-state index contributed by atoms with van der Waals surface area (Å²) in [5.74, 6) is 0.609. The van der Waals surface area contributed by atoms with Gasteiger partial charge >= 0.3 is 0 Å². The Morgan fingerprint density at radius 3 is 2.82 bits per heavy atom. The molecule has 0 amide bonds. The zero-order valence-electron chi connectivity index (χ0n) is 10.5. The lowest BCUT2D eigenvalue weighted by Gasteiger charge is -2.34. The second kappa shape index (κ2) is 3.50. The summed E-state index contributed by atoms with van der Waals surface area (Å²) in [4.78, 5) is 2.18. The Hall–Kier alpha value is -1.49. The van der Waals surface area contributed by atoms with Gasteiger partial charge in [0.15, 0.2) is 0 Å². The molecule has 2 aliphatic rings. The maximum atomic E-state index is 9.56. The normalized spacial score (nSPS) is 35.0. The molecular formula is C15H18N2. The average molecular weight is 226 g/mol. The van der Waals surface area contributed by atoms with Crippen LogP contribution in [-0.2, 0) is 5.41 Å². The highest BCUT2D eigenvalue weighted by atomic mass is 15.2. The summed E-state index contributed by atoms with van der Waals surface area (Å²) in [6, 6.07) is 11.1. The van der Waals surface area contributed by atoms with Crippen LogP contribution in [0.2, 0.25) is 0 Å². The van der Waals surface area contributed by atoms with Gasteiger partial charge in [0.05, 0.1) is 6.07 Å². The summed E-state index contributed by atoms with van der Waals surface area (Å²) in [6.45, 7) is 2.31. The molecule has 0 aromatic heterocycles. The molecule has 17 heavy (non-hydrogen) atoms. The minimum absolute atomic E-state index is 0.0115. The fourth-order valence-electron chi connectivity index (χ4n) is 4.02. The molecule has 0 bridgehead atoms. The quantitative estimate of drug-likeness (QED) is 0.679. The molecule has 1 spiro atoms. The first-order valence-electron chi connectivity index (χ1n) is 6.44. The van der Waals surface area contributed by atoms with Gasteiger partial charge in [-0.3, -0.25) is 0 Å². The van der Waals surface area contributed by atoms with Crippen molar-refractivity contribution in [1.82, 2.24) is 0 Å². The summed E-state index contributed by atoms with van der Waals surface area (Å²) in [6.07, 6.45) is 3.66. The highest BCUT2D eigenvalue weighted by molar-refractivity contribution is 5.66. The number of benzene rings is 1. The fraction of sp³-hybridized carbons (Fsp3) is 0.533. The number of hydrogen-bond donors (Lipinski definition) is 0. The van der Waals surface area contributed by atoms with Gasteiger partial charge in [-0.15, -0.1) is 0 Å². The molecule has 3 atom stereocenters. The lowest BCUT2D eigenvalue weighted by Crippen LogP contribution is -2.44. The number of nitrogens with zero attached hydrogens (tertiary/aromatic N) is 2. The van der Waals surface area contributed by atoms with E-state index in [1.807, 2.05) is 0 Å². The Morgan fingerprint density at radius 1 is 1.41 bits per heavy atom. The van der Waals surface area contributed by atoms with Gasteiger partial charge in [0.1, 0.15) is 6.04 Å². The lowest BCUT2D eigenvalue weighted by atomic mass is 9.70. The van der Waals surface area contributed by atoms with Gasteiger partial charge in [-0.25, -0.2) is 0 Å². The molecule has 0 unspecified atom stereocenters. The predicted molar refractivity (Wildman–Crippen MR) is 68.9 cm³/mol. The molecule has 0 N–H and O–H groups in total. The SMILES string of the molecule is C[C@@H]1CCC[C@]12c1ccccc1N(C)[C@H]2C#N. The molecule has 1 aliphatic heterocycles. The molecule has 1 fully saturated rings. The standard InChI is InChI=1S/C15H18N2/c1-11-6-5-9-15(11)12-7-3-4-8-13(12)17(2)14(15)10-16/h3-4,7-8,11,14H,5-6,9H2,1-2H3/t11-,14+,15-/m1/s1. The van der Waals surface area contributed by atoms with Crippen molar-refractivity contribution < 1.29 is 0 Å². The van der Waals surface area contributed by atoms with Gasteiger partial charge in [-0.05, 0) is 30.4 Å². The second-order valence-corrected chi connectivity index (χ2v) is 5.49. The third kappa shape index (κ3) is 1.15. The van der Waals surface area contributed by atoms with Crippen LogP contribution in [0.15, 0.2) is 24.3 Å². The van der Waals surface area contributed by atoms with Gasteiger partial charge in [-0.1, -0.05) is 31.5 Å². The third-order valence-electron chi connectivity index (χ3n) is 4.89. The molecular weight excluding hydrogens is 208 g/mol. The van der Waals surface area contributed by atoms with Crippen molar-refractivity contribution in [2.45, 2.75) is 37.6 Å². The molecule has 2 heteroatoms. The minimum Gasteiger partial charge on any atom is -0.358 e. The number of para-hydroxylation sites is 1. The third-order valence-corrected chi connectivity index (χ3v) is 4.89. The van der Waals surface area contributed by atoms with Crippen molar-refractivity contribution in [1.29, 1.82) is 5.26 Å². The van der Waals surface area contributed by atoms with E-state index in [4.69, 9.17) is 0 Å². The minimum atomic E-state index is 0.0115. The second-order valence-electron chi connectivity index (χ2n) is 5.49. The molecule has 1 aromatic carbocycles. The molecule has 88 valence electrons. The van der Waals surface area contributed by atoms with Crippen LogP contribution in [0.3, 0.4) is 0 Å². The average Bonchev–Trinajstić information content (AvgIpc) is 2.83. The first-order valence-corrected chi connectivity index (χ1v) is 6.44. The smallest absolute Gasteiger partial charge is 0.126 e. The van der Waals surface area contributed by atoms with Crippen LogP contribution < -0.4 is 4.90 Å². The van der Waals surface area contributed by atoms with E-state index in [0.717, 1.165) is 6.42 Å². The molecule has 1 aromatic rings. The molecule has 2 nitrogen and oxygen atoms in total. The van der Waals surface area contributed by atoms with Crippen molar-refractivity contribution in [3.8, 4) is 6.07 Å². The maximum Gasteiger partial charge on any atom is 0.126 e. The molecule has 3 rings (SSSR count). The van der Waals surface area contributed by atoms with Gasteiger partial charge in [-0.2, -0.15) is 5.26 Å². The van der Waals surface area contributed by atoms with Crippen LogP contribution in [0.4, 0.5) is 5.69 Å². The van der Waals surface area contributed by atoms with E-state index in [-0.39, 0.29) is 11.5 Å². The summed E-state index contributed by atoms with van der Waals surface area (Å²) in [7, 11) is 2.06. The van der Waals surface area contributed by atoms with Crippen molar-refractivity contribution in [3.05, 3.63) is 29.8 Å². The highest BCUT2D eigenvalue weighted by Gasteiger charge is 2.55. The topological polar surface area (TPSA) is 27.0 Å². The number of hydrogen-bond acceptors (Lipinski definition) is 2. The molecule has 1 heterocycles. The van der Waals surface area contributed by atoms with Gasteiger partial charge < -0.3 is 4.90 Å². The predicted octanol–water partition coefficient (Wildman–Crippen LogP) is 3.09. The van der Waals surface area contributed by atoms with Crippen LogP contribution >= 0.6 is 0 Å². The van der Waals surface area contributed by atoms with E-state index in [1.165, 1.54) is 24.1 Å². The number of nitriles is 1. The molecule has 0 saturated heterocycles. The van der Waals surface area contributed by atoms with Crippen molar-refractivity contribution in [2.75, 3.05) is 11.9 Å². The molecule has 0 radical (unpaired) electrons. The van der Waals surface area contributed by atoms with Crippen molar-refractivity contribution in [3.63, 3.8) is 0 Å².